The Morgan fingerprint density at radius 2 is 0.987 bits per heavy atom. The molecule has 6 aliphatic heterocycles. The second kappa shape index (κ2) is 27.6. The van der Waals surface area contributed by atoms with E-state index in [0.29, 0.717) is 19.4 Å². The summed E-state index contributed by atoms with van der Waals surface area (Å²) < 4.78 is 68.7. The first-order valence-electron chi connectivity index (χ1n) is 24.6. The van der Waals surface area contributed by atoms with Gasteiger partial charge in [-0.05, 0) is 32.7 Å². The first-order valence-corrected chi connectivity index (χ1v) is 24.6. The van der Waals surface area contributed by atoms with E-state index in [1.54, 1.807) is 0 Å². The molecule has 0 bridgehead atoms. The third-order valence-electron chi connectivity index (χ3n) is 13.9. The summed E-state index contributed by atoms with van der Waals surface area (Å²) in [7, 11) is 0. The normalized spacial score (nSPS) is 48.9. The molecule has 438 valence electrons. The van der Waals surface area contributed by atoms with E-state index < -0.39 is 223 Å². The number of hydrogen-bond donors (Lipinski definition) is 19. The Bertz CT molecular complexity index is 1730. The van der Waals surface area contributed by atoms with Crippen LogP contribution in [0.25, 0.3) is 0 Å². The Balaban J connectivity index is 1.16. The van der Waals surface area contributed by atoms with Crippen LogP contribution < -0.4 is 11.1 Å². The molecule has 32 heteroatoms. The molecule has 1 amide bonds. The molecule has 6 saturated heterocycles. The predicted octanol–water partition coefficient (Wildman–Crippen LogP) is -11.4. The summed E-state index contributed by atoms with van der Waals surface area (Å²) in [5.41, 5.74) is 5.51. The molecule has 75 heavy (non-hydrogen) atoms. The molecule has 0 radical (unpaired) electrons. The topological polar surface area (TPSA) is 510 Å². The zero-order valence-corrected chi connectivity index (χ0v) is 40.9. The largest absolute Gasteiger partial charge is 0.394 e. The van der Waals surface area contributed by atoms with Gasteiger partial charge >= 0.3 is 0 Å². The molecule has 6 fully saturated rings. The molecule has 32 nitrogen and oxygen atoms in total. The number of ether oxygens (including phenoxy) is 12. The Morgan fingerprint density at radius 1 is 0.507 bits per heavy atom. The highest BCUT2D eigenvalue weighted by Gasteiger charge is 2.59. The van der Waals surface area contributed by atoms with Gasteiger partial charge in [-0.1, -0.05) is 0 Å². The van der Waals surface area contributed by atoms with Crippen molar-refractivity contribution in [2.45, 2.75) is 217 Å². The molecule has 0 spiro atoms. The number of hydrogen-bond acceptors (Lipinski definition) is 31. The smallest absolute Gasteiger partial charge is 0.217 e. The average Bonchev–Trinajstić information content (AvgIpc) is 3.38. The maximum absolute atomic E-state index is 12.6. The van der Waals surface area contributed by atoms with E-state index in [1.165, 1.54) is 6.92 Å². The monoisotopic (exact) mass is 1100 g/mol. The van der Waals surface area contributed by atoms with Crippen molar-refractivity contribution in [3.05, 3.63) is 0 Å². The average molecular weight is 1100 g/mol. The minimum atomic E-state index is -2.82. The van der Waals surface area contributed by atoms with E-state index in [0.717, 1.165) is 13.3 Å². The summed E-state index contributed by atoms with van der Waals surface area (Å²) in [6.07, 6.45) is -47.9. The minimum absolute atomic E-state index is 0.115. The Kier molecular flexibility index (Phi) is 23.0. The Morgan fingerprint density at radius 3 is 1.56 bits per heavy atom. The zero-order valence-electron chi connectivity index (χ0n) is 40.9. The van der Waals surface area contributed by atoms with E-state index >= 15 is 0 Å². The fraction of sp³-hybridized carbons (Fsp3) is 0.977. The van der Waals surface area contributed by atoms with Crippen molar-refractivity contribution in [3.63, 3.8) is 0 Å². The number of aliphatic hydroxyl groups excluding tert-OH is 16. The van der Waals surface area contributed by atoms with Crippen molar-refractivity contribution in [2.75, 3.05) is 46.2 Å². The third-order valence-corrected chi connectivity index (χ3v) is 13.9. The second-order valence-electron chi connectivity index (χ2n) is 19.3. The van der Waals surface area contributed by atoms with Gasteiger partial charge in [0.25, 0.3) is 0 Å². The lowest BCUT2D eigenvalue weighted by atomic mass is 9.94. The van der Waals surface area contributed by atoms with E-state index in [1.807, 2.05) is 0 Å². The molecule has 29 atom stereocenters. The summed E-state index contributed by atoms with van der Waals surface area (Å²) in [4.78, 5) is 12.6. The van der Waals surface area contributed by atoms with Gasteiger partial charge in [0.1, 0.15) is 122 Å². The maximum Gasteiger partial charge on any atom is 0.217 e. The summed E-state index contributed by atoms with van der Waals surface area (Å²) in [5, 5.41) is 186. The lowest BCUT2D eigenvalue weighted by Gasteiger charge is -2.51. The number of carbonyl (C=O) groups excluding carboxylic acids is 1. The van der Waals surface area contributed by atoms with Gasteiger partial charge in [-0.25, -0.2) is 0 Å². The van der Waals surface area contributed by atoms with Crippen molar-refractivity contribution in [3.8, 4) is 0 Å². The van der Waals surface area contributed by atoms with Gasteiger partial charge in [0.2, 0.25) is 5.91 Å². The van der Waals surface area contributed by atoms with Gasteiger partial charge in [0.15, 0.2) is 43.5 Å². The second-order valence-corrected chi connectivity index (χ2v) is 19.3. The van der Waals surface area contributed by atoms with Crippen molar-refractivity contribution in [1.82, 2.24) is 5.32 Å². The van der Waals surface area contributed by atoms with E-state index in [2.05, 4.69) is 5.32 Å². The highest BCUT2D eigenvalue weighted by Crippen LogP contribution is 2.39. The number of amides is 1. The van der Waals surface area contributed by atoms with Crippen molar-refractivity contribution in [1.29, 1.82) is 0 Å². The number of aliphatic hydroxyl groups is 17. The van der Waals surface area contributed by atoms with Crippen molar-refractivity contribution < 1.29 is 148 Å². The summed E-state index contributed by atoms with van der Waals surface area (Å²) in [6, 6.07) is -1.58. The maximum atomic E-state index is 12.6. The van der Waals surface area contributed by atoms with Crippen LogP contribution in [0.3, 0.4) is 0 Å². The number of nitrogens with two attached hydrogens (primary N) is 1. The molecule has 12 unspecified atom stereocenters. The van der Waals surface area contributed by atoms with E-state index in [4.69, 9.17) is 62.6 Å². The fourth-order valence-corrected chi connectivity index (χ4v) is 9.61. The third kappa shape index (κ3) is 14.1. The Hall–Kier alpha value is -1.73. The van der Waals surface area contributed by atoms with Gasteiger partial charge in [-0.3, -0.25) is 4.79 Å². The molecule has 6 aliphatic rings. The molecule has 6 heterocycles. The number of nitrogens with one attached hydrogen (secondary N) is 1. The van der Waals surface area contributed by atoms with Crippen LogP contribution in [-0.4, -0.2) is 317 Å². The molecular formula is C43H76N2O30. The standard InChI is InChI=1S/C43H76N2O30/c1-14-22(52)25(55)29(59)39(65-14)74-36-26(56)23(53)17(9-46)67-42(36)75-43(63)8-16(45-15(2)51)37(70-21(43)13-50)73-35-24(54)18(10-47)66-41(32(35)62)72-34-20(12-49)69-40(31(61)28(34)58)71-33-19(11-48)68-38(30(60)27(33)57)64-7-5-3-4-6-44/h14,16-42,46-50,52-63H,3-13,44H2,1-2H3,(H,45,51)/t14?,16?,17?,18?,19?,20?,21?,22-,23+,24+,25+,26+,27-,28-,29?,30?,31?,32?,33-,34+,35+,36?,37+,38-,39+,40+,41-,42+,43+/m1/s1. The van der Waals surface area contributed by atoms with Crippen LogP contribution in [0.15, 0.2) is 0 Å². The zero-order chi connectivity index (χ0) is 55.2. The fourth-order valence-electron chi connectivity index (χ4n) is 9.61. The van der Waals surface area contributed by atoms with Crippen LogP contribution in [0, 0.1) is 0 Å². The Labute approximate surface area is 428 Å². The quantitative estimate of drug-likeness (QED) is 0.0354. The van der Waals surface area contributed by atoms with Crippen LogP contribution in [0.4, 0.5) is 0 Å². The summed E-state index contributed by atoms with van der Waals surface area (Å²) in [5.74, 6) is -3.62. The molecular weight excluding hydrogens is 1020 g/mol. The first-order chi connectivity index (χ1) is 35.6. The minimum Gasteiger partial charge on any atom is -0.394 e. The van der Waals surface area contributed by atoms with E-state index in [9.17, 15) is 91.6 Å². The molecule has 0 aromatic rings. The first kappa shape index (κ1) is 62.5. The summed E-state index contributed by atoms with van der Waals surface area (Å²) >= 11 is 0. The lowest BCUT2D eigenvalue weighted by molar-refractivity contribution is -0.429. The van der Waals surface area contributed by atoms with E-state index in [-0.39, 0.29) is 6.61 Å². The number of unbranched alkanes of at least 4 members (excludes halogenated alkanes) is 2. The molecule has 0 aromatic carbocycles. The van der Waals surface area contributed by atoms with Gasteiger partial charge < -0.3 is 155 Å². The number of carbonyl (C=O) groups is 1. The van der Waals surface area contributed by atoms with Crippen LogP contribution >= 0.6 is 0 Å². The van der Waals surface area contributed by atoms with Crippen molar-refractivity contribution in [2.24, 2.45) is 5.73 Å². The molecule has 0 saturated carbocycles. The molecule has 0 aromatic heterocycles. The van der Waals surface area contributed by atoms with Crippen LogP contribution in [0.5, 0.6) is 0 Å². The van der Waals surface area contributed by atoms with Crippen LogP contribution in [-0.2, 0) is 61.6 Å². The number of rotatable bonds is 22. The van der Waals surface area contributed by atoms with Gasteiger partial charge in [-0.2, -0.15) is 0 Å². The highest BCUT2D eigenvalue weighted by atomic mass is 16.8. The van der Waals surface area contributed by atoms with Crippen LogP contribution in [0.1, 0.15) is 39.5 Å². The SMILES string of the molecule is CC(=O)NC1C[C@](O)(O[C@@H]2OC(CO)[C@H](O)[C@H](O)C2O[C@@H]2OC(C)[C@@H](O)[C@H](O)C2O)C(CO)O[C@H]1O[C@@H]1C(O)[C@@H](O[C@H]2C(CO)O[C@@H](O[C@@H]3C(CO)O[C@@H](OCCCCCN)C(O)[C@H]3O)C(O)[C@H]2O)OC(CO)[C@@H]1O. The van der Waals surface area contributed by atoms with Gasteiger partial charge in [0, 0.05) is 20.0 Å². The van der Waals surface area contributed by atoms with Gasteiger partial charge in [-0.15, -0.1) is 0 Å². The summed E-state index contributed by atoms with van der Waals surface area (Å²) in [6.45, 7) is -1.90. The van der Waals surface area contributed by atoms with Crippen molar-refractivity contribution >= 4 is 5.91 Å². The predicted molar refractivity (Wildman–Crippen MR) is 236 cm³/mol. The molecule has 6 rings (SSSR count). The molecule has 0 aliphatic carbocycles. The molecule has 20 N–H and O–H groups in total. The van der Waals surface area contributed by atoms with Gasteiger partial charge in [0.05, 0.1) is 45.2 Å². The van der Waals surface area contributed by atoms with Crippen LogP contribution in [0.2, 0.25) is 0 Å². The highest BCUT2D eigenvalue weighted by molar-refractivity contribution is 5.73. The lowest BCUT2D eigenvalue weighted by Crippen LogP contribution is -2.69.